The third kappa shape index (κ3) is 3.53. The predicted molar refractivity (Wildman–Crippen MR) is 108 cm³/mol. The van der Waals surface area contributed by atoms with Crippen LogP contribution in [-0.4, -0.2) is 35.8 Å². The molecule has 0 radical (unpaired) electrons. The van der Waals surface area contributed by atoms with Gasteiger partial charge in [-0.1, -0.05) is 35.9 Å². The van der Waals surface area contributed by atoms with E-state index in [1.165, 1.54) is 22.0 Å². The van der Waals surface area contributed by atoms with E-state index in [0.717, 1.165) is 13.0 Å². The lowest BCUT2D eigenvalue weighted by molar-refractivity contribution is 0.188. The van der Waals surface area contributed by atoms with Crippen molar-refractivity contribution in [3.05, 3.63) is 64.8 Å². The number of hydrogen-bond donors (Lipinski definition) is 1. The van der Waals surface area contributed by atoms with Crippen LogP contribution in [0.15, 0.2) is 48.7 Å². The zero-order valence-electron chi connectivity index (χ0n) is 15.2. The van der Waals surface area contributed by atoms with Gasteiger partial charge in [0.25, 0.3) is 0 Å². The van der Waals surface area contributed by atoms with Gasteiger partial charge >= 0.3 is 6.03 Å². The van der Waals surface area contributed by atoms with Gasteiger partial charge in [0.15, 0.2) is 0 Å². The zero-order chi connectivity index (χ0) is 18.8. The Labute approximate surface area is 163 Å². The average Bonchev–Trinajstić information content (AvgIpc) is 2.92. The van der Waals surface area contributed by atoms with Crippen molar-refractivity contribution in [3.8, 4) is 0 Å². The van der Waals surface area contributed by atoms with Crippen molar-refractivity contribution in [1.82, 2.24) is 9.47 Å². The molecular formula is C21H22ClN3O2. The lowest BCUT2D eigenvalue weighted by Crippen LogP contribution is -2.35. The molecule has 4 rings (SSSR count). The molecule has 1 aromatic heterocycles. The predicted octanol–water partition coefficient (Wildman–Crippen LogP) is 4.53. The topological polar surface area (TPSA) is 46.5 Å². The Bertz CT molecular complexity index is 983. The Balaban J connectivity index is 1.59. The second kappa shape index (κ2) is 7.62. The first kappa shape index (κ1) is 17.9. The Hall–Kier alpha value is -2.50. The van der Waals surface area contributed by atoms with Gasteiger partial charge in [0.05, 0.1) is 17.3 Å². The number of amides is 2. The van der Waals surface area contributed by atoms with Crippen LogP contribution < -0.4 is 5.32 Å². The van der Waals surface area contributed by atoms with Crippen LogP contribution in [0.3, 0.4) is 0 Å². The number of nitrogens with zero attached hydrogens (tertiary/aromatic N) is 2. The number of halogens is 1. The summed E-state index contributed by atoms with van der Waals surface area (Å²) in [5.74, 6) is 0. The molecule has 0 unspecified atom stereocenters. The summed E-state index contributed by atoms with van der Waals surface area (Å²) in [7, 11) is 1.72. The quantitative estimate of drug-likeness (QED) is 0.719. The highest BCUT2D eigenvalue weighted by Crippen LogP contribution is 2.30. The van der Waals surface area contributed by atoms with E-state index in [2.05, 4.69) is 34.3 Å². The molecule has 2 heterocycles. The number of hydrogen-bond acceptors (Lipinski definition) is 2. The molecule has 6 heteroatoms. The Morgan fingerprint density at radius 3 is 2.85 bits per heavy atom. The molecule has 0 saturated heterocycles. The number of carbonyl (C=O) groups is 1. The number of nitrogens with one attached hydrogen (secondary N) is 1. The molecule has 0 saturated carbocycles. The number of benzene rings is 2. The number of methoxy groups -OCH3 is 1. The van der Waals surface area contributed by atoms with E-state index in [1.54, 1.807) is 13.2 Å². The smallest absolute Gasteiger partial charge is 0.322 e. The molecule has 5 nitrogen and oxygen atoms in total. The molecule has 2 aromatic carbocycles. The molecule has 0 aliphatic carbocycles. The third-order valence-electron chi connectivity index (χ3n) is 5.02. The van der Waals surface area contributed by atoms with E-state index in [4.69, 9.17) is 16.3 Å². The molecule has 1 aliphatic heterocycles. The van der Waals surface area contributed by atoms with E-state index in [0.29, 0.717) is 30.4 Å². The minimum atomic E-state index is -0.127. The fraction of sp³-hybridized carbons (Fsp3) is 0.286. The molecule has 0 bridgehead atoms. The van der Waals surface area contributed by atoms with Gasteiger partial charge in [-0.3, -0.25) is 0 Å². The average molecular weight is 384 g/mol. The number of para-hydroxylation sites is 1. The van der Waals surface area contributed by atoms with E-state index in [-0.39, 0.29) is 6.03 Å². The second-order valence-corrected chi connectivity index (χ2v) is 7.14. The van der Waals surface area contributed by atoms with Crippen LogP contribution >= 0.6 is 11.6 Å². The van der Waals surface area contributed by atoms with Crippen molar-refractivity contribution in [1.29, 1.82) is 0 Å². The molecule has 1 aliphatic rings. The number of carbonyl (C=O) groups excluding carboxylic acids is 1. The van der Waals surface area contributed by atoms with E-state index in [1.807, 2.05) is 23.1 Å². The highest BCUT2D eigenvalue weighted by atomic mass is 35.5. The molecule has 2 amide bonds. The molecule has 3 aromatic rings. The number of anilines is 1. The van der Waals surface area contributed by atoms with Crippen molar-refractivity contribution >= 4 is 34.2 Å². The minimum absolute atomic E-state index is 0.127. The van der Waals surface area contributed by atoms with Gasteiger partial charge in [0, 0.05) is 43.8 Å². The number of rotatable bonds is 4. The van der Waals surface area contributed by atoms with Crippen molar-refractivity contribution in [2.24, 2.45) is 0 Å². The van der Waals surface area contributed by atoms with Crippen LogP contribution in [0.2, 0.25) is 5.02 Å². The van der Waals surface area contributed by atoms with Gasteiger partial charge in [-0.25, -0.2) is 4.79 Å². The monoisotopic (exact) mass is 383 g/mol. The summed E-state index contributed by atoms with van der Waals surface area (Å²) in [5, 5.41) is 4.74. The molecule has 140 valence electrons. The summed E-state index contributed by atoms with van der Waals surface area (Å²) >= 11 is 6.17. The molecule has 1 N–H and O–H groups in total. The van der Waals surface area contributed by atoms with Crippen LogP contribution in [0.5, 0.6) is 0 Å². The fourth-order valence-electron chi connectivity index (χ4n) is 3.69. The summed E-state index contributed by atoms with van der Waals surface area (Å²) in [4.78, 5) is 14.7. The second-order valence-electron chi connectivity index (χ2n) is 6.73. The van der Waals surface area contributed by atoms with Gasteiger partial charge in [0.1, 0.15) is 0 Å². The summed E-state index contributed by atoms with van der Waals surface area (Å²) < 4.78 is 7.48. The standard InChI is InChI=1S/C21H22ClN3O2/c1-27-12-11-24-13-16-9-10-25(14-15-5-4-8-19(24)20(15)16)21(26)23-18-7-3-2-6-17(18)22/h2-8,13H,9-12,14H2,1H3,(H,23,26). The van der Waals surface area contributed by atoms with Crippen LogP contribution in [0.1, 0.15) is 11.1 Å². The van der Waals surface area contributed by atoms with Gasteiger partial charge in [0.2, 0.25) is 0 Å². The highest BCUT2D eigenvalue weighted by Gasteiger charge is 2.22. The van der Waals surface area contributed by atoms with Crippen LogP contribution in [0, 0.1) is 0 Å². The first-order valence-corrected chi connectivity index (χ1v) is 9.44. The van der Waals surface area contributed by atoms with Crippen molar-refractivity contribution in [2.75, 3.05) is 25.6 Å². The number of aromatic nitrogens is 1. The van der Waals surface area contributed by atoms with Crippen molar-refractivity contribution in [3.63, 3.8) is 0 Å². The molecule has 0 fully saturated rings. The molecular weight excluding hydrogens is 362 g/mol. The third-order valence-corrected chi connectivity index (χ3v) is 5.35. The van der Waals surface area contributed by atoms with Gasteiger partial charge in [-0.2, -0.15) is 0 Å². The molecule has 0 atom stereocenters. The SMILES string of the molecule is COCCn1cc2c3c(cccc31)CN(C(=O)Nc1ccccc1Cl)CC2. The summed E-state index contributed by atoms with van der Waals surface area (Å²) in [6.07, 6.45) is 3.02. The number of urea groups is 1. The Morgan fingerprint density at radius 2 is 2.04 bits per heavy atom. The van der Waals surface area contributed by atoms with Crippen LogP contribution in [0.25, 0.3) is 10.9 Å². The van der Waals surface area contributed by atoms with Crippen molar-refractivity contribution < 1.29 is 9.53 Å². The van der Waals surface area contributed by atoms with Crippen LogP contribution in [0.4, 0.5) is 10.5 Å². The van der Waals surface area contributed by atoms with Gasteiger partial charge < -0.3 is 19.5 Å². The minimum Gasteiger partial charge on any atom is -0.383 e. The molecule has 0 spiro atoms. The summed E-state index contributed by atoms with van der Waals surface area (Å²) in [6.45, 7) is 2.75. The maximum atomic E-state index is 12.8. The van der Waals surface area contributed by atoms with E-state index < -0.39 is 0 Å². The fourth-order valence-corrected chi connectivity index (χ4v) is 3.87. The highest BCUT2D eigenvalue weighted by molar-refractivity contribution is 6.33. The van der Waals surface area contributed by atoms with Gasteiger partial charge in [-0.05, 0) is 35.7 Å². The van der Waals surface area contributed by atoms with E-state index in [9.17, 15) is 4.79 Å². The largest absolute Gasteiger partial charge is 0.383 e. The first-order valence-electron chi connectivity index (χ1n) is 9.06. The van der Waals surface area contributed by atoms with Crippen LogP contribution in [-0.2, 0) is 24.2 Å². The maximum absolute atomic E-state index is 12.8. The van der Waals surface area contributed by atoms with E-state index >= 15 is 0 Å². The lowest BCUT2D eigenvalue weighted by atomic mass is 10.1. The summed E-state index contributed by atoms with van der Waals surface area (Å²) in [6, 6.07) is 13.5. The zero-order valence-corrected chi connectivity index (χ0v) is 16.0. The summed E-state index contributed by atoms with van der Waals surface area (Å²) in [5.41, 5.74) is 4.29. The van der Waals surface area contributed by atoms with Crippen molar-refractivity contribution in [2.45, 2.75) is 19.5 Å². The Morgan fingerprint density at radius 1 is 1.19 bits per heavy atom. The maximum Gasteiger partial charge on any atom is 0.322 e. The Kier molecular flexibility index (Phi) is 5.05. The van der Waals surface area contributed by atoms with Gasteiger partial charge in [-0.15, -0.1) is 0 Å². The normalized spacial score (nSPS) is 13.6. The lowest BCUT2D eigenvalue weighted by Gasteiger charge is -2.22. The first-order chi connectivity index (χ1) is 13.2. The number of ether oxygens (including phenoxy) is 1. The molecule has 27 heavy (non-hydrogen) atoms.